The zero-order valence-corrected chi connectivity index (χ0v) is 8.29. The van der Waals surface area contributed by atoms with E-state index in [2.05, 4.69) is 4.98 Å². The summed E-state index contributed by atoms with van der Waals surface area (Å²) < 4.78 is 36.4. The van der Waals surface area contributed by atoms with Gasteiger partial charge >= 0.3 is 12.1 Å². The molecule has 0 radical (unpaired) electrons. The minimum absolute atomic E-state index is 0.00101. The van der Waals surface area contributed by atoms with E-state index in [-0.39, 0.29) is 6.42 Å². The summed E-state index contributed by atoms with van der Waals surface area (Å²) >= 11 is 0. The van der Waals surface area contributed by atoms with Crippen LogP contribution < -0.4 is 0 Å². The van der Waals surface area contributed by atoms with Gasteiger partial charge in [-0.3, -0.25) is 9.78 Å². The van der Waals surface area contributed by atoms with Crippen molar-refractivity contribution in [1.82, 2.24) is 4.98 Å². The first-order valence-corrected chi connectivity index (χ1v) is 4.63. The fourth-order valence-corrected chi connectivity index (χ4v) is 1.18. The number of nitrogens with zero attached hydrogens (tertiary/aromatic N) is 1. The molecular formula is C10H10F3NO2. The molecule has 1 N–H and O–H groups in total. The van der Waals surface area contributed by atoms with Crippen molar-refractivity contribution in [2.45, 2.75) is 25.4 Å². The largest absolute Gasteiger partial charge is 0.481 e. The number of carboxylic acids is 1. The summed E-state index contributed by atoms with van der Waals surface area (Å²) in [7, 11) is 0. The van der Waals surface area contributed by atoms with Crippen molar-refractivity contribution < 1.29 is 23.1 Å². The van der Waals surface area contributed by atoms with Crippen LogP contribution in [0.5, 0.6) is 0 Å². The number of halogens is 3. The van der Waals surface area contributed by atoms with Crippen LogP contribution in [0, 0.1) is 0 Å². The van der Waals surface area contributed by atoms with Crippen molar-refractivity contribution in [3.63, 3.8) is 0 Å². The van der Waals surface area contributed by atoms with E-state index in [9.17, 15) is 18.0 Å². The minimum Gasteiger partial charge on any atom is -0.481 e. The highest BCUT2D eigenvalue weighted by atomic mass is 19.4. The van der Waals surface area contributed by atoms with E-state index in [4.69, 9.17) is 5.11 Å². The molecule has 3 nitrogen and oxygen atoms in total. The van der Waals surface area contributed by atoms with Gasteiger partial charge in [0.05, 0.1) is 0 Å². The predicted octanol–water partition coefficient (Wildman–Crippen LogP) is 2.51. The Morgan fingerprint density at radius 2 is 2.06 bits per heavy atom. The molecule has 0 unspecified atom stereocenters. The number of aliphatic carboxylic acids is 1. The van der Waals surface area contributed by atoms with Gasteiger partial charge in [-0.1, -0.05) is 6.07 Å². The fraction of sp³-hybridized carbons (Fsp3) is 0.400. The zero-order valence-electron chi connectivity index (χ0n) is 8.29. The minimum atomic E-state index is -4.43. The summed E-state index contributed by atoms with van der Waals surface area (Å²) in [6.07, 6.45) is -2.49. The molecule has 0 saturated heterocycles. The average molecular weight is 233 g/mol. The summed E-state index contributed by atoms with van der Waals surface area (Å²) in [5.41, 5.74) is -0.330. The van der Waals surface area contributed by atoms with Crippen LogP contribution in [0.1, 0.15) is 24.1 Å². The highest BCUT2D eigenvalue weighted by molar-refractivity contribution is 5.66. The SMILES string of the molecule is O=C(O)CCCc1ccc(C(F)(F)F)nc1. The first-order valence-electron chi connectivity index (χ1n) is 4.63. The molecule has 88 valence electrons. The molecular weight excluding hydrogens is 223 g/mol. The Morgan fingerprint density at radius 1 is 1.38 bits per heavy atom. The topological polar surface area (TPSA) is 50.2 Å². The molecule has 0 aromatic carbocycles. The van der Waals surface area contributed by atoms with Crippen LogP contribution in [-0.2, 0) is 17.4 Å². The summed E-state index contributed by atoms with van der Waals surface area (Å²) in [5, 5.41) is 8.38. The van der Waals surface area contributed by atoms with Crippen molar-refractivity contribution in [2.75, 3.05) is 0 Å². The number of aromatic nitrogens is 1. The number of aryl methyl sites for hydroxylation is 1. The molecule has 0 aliphatic carbocycles. The molecule has 0 atom stereocenters. The Labute approximate surface area is 89.9 Å². The molecule has 1 aromatic rings. The molecule has 1 heterocycles. The van der Waals surface area contributed by atoms with Gasteiger partial charge in [0, 0.05) is 12.6 Å². The average Bonchev–Trinajstić information content (AvgIpc) is 2.16. The smallest absolute Gasteiger partial charge is 0.433 e. The lowest BCUT2D eigenvalue weighted by Crippen LogP contribution is -2.07. The zero-order chi connectivity index (χ0) is 12.2. The predicted molar refractivity (Wildman–Crippen MR) is 49.8 cm³/mol. The Balaban J connectivity index is 2.55. The van der Waals surface area contributed by atoms with Gasteiger partial charge in [-0.2, -0.15) is 13.2 Å². The molecule has 0 bridgehead atoms. The monoisotopic (exact) mass is 233 g/mol. The molecule has 16 heavy (non-hydrogen) atoms. The van der Waals surface area contributed by atoms with Crippen LogP contribution in [0.4, 0.5) is 13.2 Å². The number of carbonyl (C=O) groups is 1. The van der Waals surface area contributed by atoms with Crippen molar-refractivity contribution in [2.24, 2.45) is 0 Å². The van der Waals surface area contributed by atoms with E-state index in [1.54, 1.807) is 0 Å². The second kappa shape index (κ2) is 4.96. The van der Waals surface area contributed by atoms with Crippen molar-refractivity contribution in [1.29, 1.82) is 0 Å². The Bertz CT molecular complexity index is 359. The van der Waals surface area contributed by atoms with Crippen LogP contribution in [-0.4, -0.2) is 16.1 Å². The molecule has 0 fully saturated rings. The second-order valence-electron chi connectivity index (χ2n) is 3.30. The van der Waals surface area contributed by atoms with Crippen LogP contribution >= 0.6 is 0 Å². The van der Waals surface area contributed by atoms with Crippen molar-refractivity contribution in [3.8, 4) is 0 Å². The van der Waals surface area contributed by atoms with Crippen LogP contribution in [0.2, 0.25) is 0 Å². The maximum absolute atomic E-state index is 12.1. The molecule has 0 saturated carbocycles. The normalized spacial score (nSPS) is 11.4. The van der Waals surface area contributed by atoms with Gasteiger partial charge in [-0.25, -0.2) is 0 Å². The third-order valence-corrected chi connectivity index (χ3v) is 1.97. The van der Waals surface area contributed by atoms with E-state index in [1.807, 2.05) is 0 Å². The van der Waals surface area contributed by atoms with Crippen LogP contribution in [0.25, 0.3) is 0 Å². The van der Waals surface area contributed by atoms with E-state index >= 15 is 0 Å². The number of alkyl halides is 3. The van der Waals surface area contributed by atoms with Gasteiger partial charge in [0.25, 0.3) is 0 Å². The van der Waals surface area contributed by atoms with Gasteiger partial charge in [0.2, 0.25) is 0 Å². The van der Waals surface area contributed by atoms with Gasteiger partial charge in [-0.05, 0) is 24.5 Å². The number of carboxylic acid groups (broad SMARTS) is 1. The number of hydrogen-bond donors (Lipinski definition) is 1. The summed E-state index contributed by atoms with van der Waals surface area (Å²) in [5.74, 6) is -0.917. The summed E-state index contributed by atoms with van der Waals surface area (Å²) in [6.45, 7) is 0. The first kappa shape index (κ1) is 12.5. The van der Waals surface area contributed by atoms with Crippen molar-refractivity contribution >= 4 is 5.97 Å². The quantitative estimate of drug-likeness (QED) is 0.869. The van der Waals surface area contributed by atoms with Crippen molar-refractivity contribution in [3.05, 3.63) is 29.6 Å². The molecule has 6 heteroatoms. The fourth-order valence-electron chi connectivity index (χ4n) is 1.18. The lowest BCUT2D eigenvalue weighted by Gasteiger charge is -2.05. The summed E-state index contributed by atoms with van der Waals surface area (Å²) in [6, 6.07) is 2.22. The highest BCUT2D eigenvalue weighted by Crippen LogP contribution is 2.27. The lowest BCUT2D eigenvalue weighted by atomic mass is 10.1. The third kappa shape index (κ3) is 3.88. The van der Waals surface area contributed by atoms with Crippen LogP contribution in [0.15, 0.2) is 18.3 Å². The molecule has 1 aromatic heterocycles. The van der Waals surface area contributed by atoms with Crippen LogP contribution in [0.3, 0.4) is 0 Å². The standard InChI is InChI=1S/C10H10F3NO2/c11-10(12,13)8-5-4-7(6-14-8)2-1-3-9(15)16/h4-6H,1-3H2,(H,15,16). The Hall–Kier alpha value is -1.59. The number of hydrogen-bond acceptors (Lipinski definition) is 2. The number of rotatable bonds is 4. The molecule has 0 amide bonds. The molecule has 1 rings (SSSR count). The van der Waals surface area contributed by atoms with Gasteiger partial charge in [0.1, 0.15) is 5.69 Å². The maximum Gasteiger partial charge on any atom is 0.433 e. The lowest BCUT2D eigenvalue weighted by molar-refractivity contribution is -0.141. The van der Waals surface area contributed by atoms with E-state index in [0.717, 1.165) is 12.3 Å². The molecule has 0 aliphatic heterocycles. The van der Waals surface area contributed by atoms with E-state index in [1.165, 1.54) is 6.07 Å². The number of pyridine rings is 1. The molecule has 0 aliphatic rings. The summed E-state index contributed by atoms with van der Waals surface area (Å²) in [4.78, 5) is 13.5. The highest BCUT2D eigenvalue weighted by Gasteiger charge is 2.31. The third-order valence-electron chi connectivity index (χ3n) is 1.97. The van der Waals surface area contributed by atoms with Gasteiger partial charge < -0.3 is 5.11 Å². The Kier molecular flexibility index (Phi) is 3.87. The van der Waals surface area contributed by atoms with E-state index < -0.39 is 17.8 Å². The second-order valence-corrected chi connectivity index (χ2v) is 3.30. The first-order chi connectivity index (χ1) is 7.39. The van der Waals surface area contributed by atoms with Gasteiger partial charge in [-0.15, -0.1) is 0 Å². The van der Waals surface area contributed by atoms with Gasteiger partial charge in [0.15, 0.2) is 0 Å². The Morgan fingerprint density at radius 3 is 2.50 bits per heavy atom. The van der Waals surface area contributed by atoms with E-state index in [0.29, 0.717) is 18.4 Å². The maximum atomic E-state index is 12.1. The molecule has 0 spiro atoms.